The fourth-order valence-corrected chi connectivity index (χ4v) is 3.27. The number of piperazine rings is 1. The molecule has 2 aromatic rings. The maximum atomic E-state index is 14.7. The second-order valence-electron chi connectivity index (χ2n) is 6.87. The smallest absolute Gasteiger partial charge is 0.243 e. The zero-order valence-electron chi connectivity index (χ0n) is 16.5. The standard InChI is InChI=1S/C20H27FN6/c1-5-26-8-10-27(11-9-26)19-7-6-17(13-18(19)21)16(4)24-25-20-22-14(2)12-15(3)23-20/h6-7,12-13H,5,8-11H2,1-4H3,(H,22,23,25)/b24-16-. The molecule has 2 heterocycles. The molecule has 0 spiro atoms. The fraction of sp³-hybridized carbons (Fsp3) is 0.450. The monoisotopic (exact) mass is 370 g/mol. The van der Waals surface area contributed by atoms with Gasteiger partial charge in [0.2, 0.25) is 5.95 Å². The Balaban J connectivity index is 1.70. The summed E-state index contributed by atoms with van der Waals surface area (Å²) in [6, 6.07) is 7.20. The fourth-order valence-electron chi connectivity index (χ4n) is 3.27. The summed E-state index contributed by atoms with van der Waals surface area (Å²) in [5.74, 6) is 0.229. The molecule has 1 saturated heterocycles. The van der Waals surface area contributed by atoms with Crippen LogP contribution in [0.15, 0.2) is 29.4 Å². The van der Waals surface area contributed by atoms with Crippen LogP contribution in [0.4, 0.5) is 16.0 Å². The van der Waals surface area contributed by atoms with Crippen LogP contribution in [-0.2, 0) is 0 Å². The minimum absolute atomic E-state index is 0.213. The molecule has 0 radical (unpaired) electrons. The Morgan fingerprint density at radius 2 is 1.78 bits per heavy atom. The van der Waals surface area contributed by atoms with Crippen LogP contribution in [0, 0.1) is 19.7 Å². The number of nitrogens with one attached hydrogen (secondary N) is 1. The Kier molecular flexibility index (Phi) is 6.01. The van der Waals surface area contributed by atoms with E-state index in [-0.39, 0.29) is 5.82 Å². The van der Waals surface area contributed by atoms with Gasteiger partial charge in [0.1, 0.15) is 5.82 Å². The largest absolute Gasteiger partial charge is 0.367 e. The van der Waals surface area contributed by atoms with Crippen LogP contribution in [-0.4, -0.2) is 53.3 Å². The molecule has 1 N–H and O–H groups in total. The highest BCUT2D eigenvalue weighted by atomic mass is 19.1. The average molecular weight is 370 g/mol. The van der Waals surface area contributed by atoms with Gasteiger partial charge in [0.25, 0.3) is 0 Å². The minimum Gasteiger partial charge on any atom is -0.367 e. The van der Waals surface area contributed by atoms with Gasteiger partial charge >= 0.3 is 0 Å². The minimum atomic E-state index is -0.213. The molecule has 1 aliphatic rings. The van der Waals surface area contributed by atoms with Gasteiger partial charge in [-0.25, -0.2) is 19.8 Å². The molecule has 0 amide bonds. The van der Waals surface area contributed by atoms with Crippen molar-refractivity contribution in [3.8, 4) is 0 Å². The Hall–Kier alpha value is -2.54. The van der Waals surface area contributed by atoms with Gasteiger partial charge < -0.3 is 9.80 Å². The maximum Gasteiger partial charge on any atom is 0.243 e. The van der Waals surface area contributed by atoms with Crippen LogP contribution in [0.5, 0.6) is 0 Å². The summed E-state index contributed by atoms with van der Waals surface area (Å²) in [4.78, 5) is 13.1. The normalized spacial score (nSPS) is 15.9. The number of halogens is 1. The van der Waals surface area contributed by atoms with Gasteiger partial charge in [0.15, 0.2) is 0 Å². The molecule has 7 heteroatoms. The number of aromatic nitrogens is 2. The number of hydrazone groups is 1. The second-order valence-corrected chi connectivity index (χ2v) is 6.87. The van der Waals surface area contributed by atoms with E-state index in [0.29, 0.717) is 17.3 Å². The summed E-state index contributed by atoms with van der Waals surface area (Å²) < 4.78 is 14.7. The summed E-state index contributed by atoms with van der Waals surface area (Å²) in [7, 11) is 0. The molecule has 1 aromatic heterocycles. The lowest BCUT2D eigenvalue weighted by molar-refractivity contribution is 0.270. The van der Waals surface area contributed by atoms with E-state index in [1.807, 2.05) is 39.0 Å². The lowest BCUT2D eigenvalue weighted by atomic mass is 10.1. The van der Waals surface area contributed by atoms with E-state index < -0.39 is 0 Å². The molecule has 1 aromatic carbocycles. The van der Waals surface area contributed by atoms with Crippen molar-refractivity contribution >= 4 is 17.3 Å². The zero-order chi connectivity index (χ0) is 19.4. The van der Waals surface area contributed by atoms with E-state index in [4.69, 9.17) is 0 Å². The first-order valence-electron chi connectivity index (χ1n) is 9.36. The van der Waals surface area contributed by atoms with Crippen LogP contribution in [0.2, 0.25) is 0 Å². The third-order valence-corrected chi connectivity index (χ3v) is 4.83. The van der Waals surface area contributed by atoms with Gasteiger partial charge in [-0.05, 0) is 45.5 Å². The highest BCUT2D eigenvalue weighted by molar-refractivity contribution is 5.99. The van der Waals surface area contributed by atoms with Crippen molar-refractivity contribution in [1.29, 1.82) is 0 Å². The first-order valence-corrected chi connectivity index (χ1v) is 9.36. The van der Waals surface area contributed by atoms with Crippen LogP contribution in [0.25, 0.3) is 0 Å². The van der Waals surface area contributed by atoms with Crippen LogP contribution < -0.4 is 10.3 Å². The summed E-state index contributed by atoms with van der Waals surface area (Å²) in [6.45, 7) is 12.5. The molecule has 0 saturated carbocycles. The topological polar surface area (TPSA) is 56.6 Å². The first kappa shape index (κ1) is 19.2. The predicted molar refractivity (Wildman–Crippen MR) is 108 cm³/mol. The number of rotatable bonds is 5. The quantitative estimate of drug-likeness (QED) is 0.647. The summed E-state index contributed by atoms with van der Waals surface area (Å²) in [5.41, 5.74) is 6.68. The van der Waals surface area contributed by atoms with Crippen molar-refractivity contribution in [1.82, 2.24) is 14.9 Å². The number of aryl methyl sites for hydroxylation is 2. The Morgan fingerprint density at radius 3 is 2.37 bits per heavy atom. The first-order chi connectivity index (χ1) is 13.0. The molecule has 1 fully saturated rings. The molecule has 3 rings (SSSR count). The number of hydrogen-bond acceptors (Lipinski definition) is 6. The van der Waals surface area contributed by atoms with Gasteiger partial charge in [-0.1, -0.05) is 13.0 Å². The Labute approximate surface area is 160 Å². The van der Waals surface area contributed by atoms with Crippen molar-refractivity contribution in [2.24, 2.45) is 5.10 Å². The van der Waals surface area contributed by atoms with Gasteiger partial charge in [-0.3, -0.25) is 0 Å². The molecular formula is C20H27FN6. The highest BCUT2D eigenvalue weighted by Gasteiger charge is 2.18. The van der Waals surface area contributed by atoms with Crippen LogP contribution in [0.3, 0.4) is 0 Å². The molecule has 0 aliphatic carbocycles. The van der Waals surface area contributed by atoms with Crippen molar-refractivity contribution in [3.05, 3.63) is 47.0 Å². The zero-order valence-corrected chi connectivity index (χ0v) is 16.5. The number of likely N-dealkylation sites (N-methyl/N-ethyl adjacent to an activating group) is 1. The number of anilines is 2. The molecular weight excluding hydrogens is 343 g/mol. The molecule has 1 aliphatic heterocycles. The molecule has 0 unspecified atom stereocenters. The third-order valence-electron chi connectivity index (χ3n) is 4.83. The van der Waals surface area contributed by atoms with Crippen LogP contribution in [0.1, 0.15) is 30.8 Å². The molecule has 27 heavy (non-hydrogen) atoms. The van der Waals surface area contributed by atoms with Crippen LogP contribution >= 0.6 is 0 Å². The molecule has 0 bridgehead atoms. The van der Waals surface area contributed by atoms with E-state index in [1.54, 1.807) is 6.07 Å². The Bertz CT molecular complexity index is 807. The third kappa shape index (κ3) is 4.80. The van der Waals surface area contributed by atoms with Gasteiger partial charge in [0.05, 0.1) is 11.4 Å². The lowest BCUT2D eigenvalue weighted by Gasteiger charge is -2.35. The maximum absolute atomic E-state index is 14.7. The molecule has 0 atom stereocenters. The van der Waals surface area contributed by atoms with Crippen molar-refractivity contribution in [2.45, 2.75) is 27.7 Å². The summed E-state index contributed by atoms with van der Waals surface area (Å²) >= 11 is 0. The second kappa shape index (κ2) is 8.43. The van der Waals surface area contributed by atoms with E-state index in [1.165, 1.54) is 0 Å². The predicted octanol–water partition coefficient (Wildman–Crippen LogP) is 3.21. The van der Waals surface area contributed by atoms with Crippen molar-refractivity contribution in [3.63, 3.8) is 0 Å². The highest BCUT2D eigenvalue weighted by Crippen LogP contribution is 2.22. The number of benzene rings is 1. The lowest BCUT2D eigenvalue weighted by Crippen LogP contribution is -2.46. The molecule has 6 nitrogen and oxygen atoms in total. The SMILES string of the molecule is CCN1CCN(c2ccc(/C(C)=N\Nc3nc(C)cc(C)n3)cc2F)CC1. The van der Waals surface area contributed by atoms with E-state index >= 15 is 0 Å². The number of nitrogens with zero attached hydrogens (tertiary/aromatic N) is 5. The van der Waals surface area contributed by atoms with Gasteiger partial charge in [-0.2, -0.15) is 5.10 Å². The number of hydrogen-bond donors (Lipinski definition) is 1. The molecule has 144 valence electrons. The average Bonchev–Trinajstić information content (AvgIpc) is 2.65. The van der Waals surface area contributed by atoms with E-state index in [0.717, 1.165) is 49.7 Å². The van der Waals surface area contributed by atoms with Crippen molar-refractivity contribution in [2.75, 3.05) is 43.0 Å². The summed E-state index contributed by atoms with van der Waals surface area (Å²) in [5, 5.41) is 4.31. The van der Waals surface area contributed by atoms with E-state index in [9.17, 15) is 4.39 Å². The summed E-state index contributed by atoms with van der Waals surface area (Å²) in [6.07, 6.45) is 0. The van der Waals surface area contributed by atoms with Crippen molar-refractivity contribution < 1.29 is 4.39 Å². The van der Waals surface area contributed by atoms with Gasteiger partial charge in [-0.15, -0.1) is 0 Å². The van der Waals surface area contributed by atoms with Gasteiger partial charge in [0, 0.05) is 43.1 Å². The van der Waals surface area contributed by atoms with E-state index in [2.05, 4.69) is 37.2 Å². The Morgan fingerprint density at radius 1 is 1.11 bits per heavy atom.